The Morgan fingerprint density at radius 3 is 2.60 bits per heavy atom. The molecule has 0 fully saturated rings. The van der Waals surface area contributed by atoms with E-state index in [4.69, 9.17) is 10.5 Å². The summed E-state index contributed by atoms with van der Waals surface area (Å²) < 4.78 is 4.99. The predicted octanol–water partition coefficient (Wildman–Crippen LogP) is 1.00. The Bertz CT molecular complexity index is 155. The van der Waals surface area contributed by atoms with Gasteiger partial charge in [0.2, 0.25) is 5.91 Å². The van der Waals surface area contributed by atoms with Crippen LogP contribution in [0.1, 0.15) is 32.6 Å². The molecular formula is C11H24N2O2. The van der Waals surface area contributed by atoms with Crippen molar-refractivity contribution >= 4 is 5.91 Å². The molecule has 90 valence electrons. The van der Waals surface area contributed by atoms with Crippen LogP contribution in [0.15, 0.2) is 0 Å². The van der Waals surface area contributed by atoms with Gasteiger partial charge in [-0.25, -0.2) is 0 Å². The lowest BCUT2D eigenvalue weighted by Gasteiger charge is -2.22. The van der Waals surface area contributed by atoms with Crippen molar-refractivity contribution in [2.75, 3.05) is 33.4 Å². The third-order valence-electron chi connectivity index (χ3n) is 2.29. The summed E-state index contributed by atoms with van der Waals surface area (Å²) in [6.07, 6.45) is 3.49. The van der Waals surface area contributed by atoms with Crippen molar-refractivity contribution in [2.45, 2.75) is 32.6 Å². The van der Waals surface area contributed by atoms with Gasteiger partial charge >= 0.3 is 0 Å². The summed E-state index contributed by atoms with van der Waals surface area (Å²) in [6, 6.07) is 0. The van der Waals surface area contributed by atoms with Crippen LogP contribution < -0.4 is 5.73 Å². The van der Waals surface area contributed by atoms with Crippen molar-refractivity contribution in [1.29, 1.82) is 0 Å². The number of hydrogen-bond donors (Lipinski definition) is 1. The summed E-state index contributed by atoms with van der Waals surface area (Å²) in [5, 5.41) is 0. The first kappa shape index (κ1) is 14.4. The van der Waals surface area contributed by atoms with Crippen LogP contribution in [0.5, 0.6) is 0 Å². The number of hydrogen-bond acceptors (Lipinski definition) is 3. The highest BCUT2D eigenvalue weighted by Crippen LogP contribution is 2.00. The molecule has 0 radical (unpaired) electrons. The van der Waals surface area contributed by atoms with Crippen molar-refractivity contribution in [3.8, 4) is 0 Å². The first-order valence-corrected chi connectivity index (χ1v) is 5.73. The molecule has 4 heteroatoms. The molecule has 0 aliphatic rings. The standard InChI is InChI=1S/C11H24N2O2/c1-3-4-8-13(9-10-15-2)11(14)6-5-7-12/h3-10,12H2,1-2H3. The molecule has 1 amide bonds. The molecule has 0 atom stereocenters. The lowest BCUT2D eigenvalue weighted by molar-refractivity contribution is -0.132. The number of carbonyl (C=O) groups excluding carboxylic acids is 1. The number of carbonyl (C=O) groups is 1. The molecule has 0 saturated heterocycles. The maximum absolute atomic E-state index is 11.7. The summed E-state index contributed by atoms with van der Waals surface area (Å²) in [4.78, 5) is 13.6. The summed E-state index contributed by atoms with van der Waals surface area (Å²) in [6.45, 7) is 4.84. The fourth-order valence-electron chi connectivity index (χ4n) is 1.32. The number of methoxy groups -OCH3 is 1. The average molecular weight is 216 g/mol. The molecule has 4 nitrogen and oxygen atoms in total. The Morgan fingerprint density at radius 1 is 1.33 bits per heavy atom. The zero-order chi connectivity index (χ0) is 11.5. The van der Waals surface area contributed by atoms with Crippen LogP contribution in [-0.4, -0.2) is 44.2 Å². The summed E-state index contributed by atoms with van der Waals surface area (Å²) in [7, 11) is 1.66. The van der Waals surface area contributed by atoms with E-state index in [9.17, 15) is 4.79 Å². The van der Waals surface area contributed by atoms with E-state index < -0.39 is 0 Å². The van der Waals surface area contributed by atoms with E-state index >= 15 is 0 Å². The van der Waals surface area contributed by atoms with Gasteiger partial charge in [0.05, 0.1) is 6.61 Å². The minimum atomic E-state index is 0.200. The molecule has 0 saturated carbocycles. The fraction of sp³-hybridized carbons (Fsp3) is 0.909. The summed E-state index contributed by atoms with van der Waals surface area (Å²) in [5.41, 5.74) is 5.38. The van der Waals surface area contributed by atoms with Crippen molar-refractivity contribution in [3.05, 3.63) is 0 Å². The zero-order valence-electron chi connectivity index (χ0n) is 10.00. The molecule has 0 aromatic carbocycles. The monoisotopic (exact) mass is 216 g/mol. The van der Waals surface area contributed by atoms with Gasteiger partial charge in [-0.05, 0) is 19.4 Å². The van der Waals surface area contributed by atoms with E-state index in [-0.39, 0.29) is 5.91 Å². The van der Waals surface area contributed by atoms with Crippen LogP contribution in [0.3, 0.4) is 0 Å². The molecule has 0 aliphatic heterocycles. The predicted molar refractivity (Wildman–Crippen MR) is 61.7 cm³/mol. The van der Waals surface area contributed by atoms with E-state index in [1.165, 1.54) is 0 Å². The highest BCUT2D eigenvalue weighted by Gasteiger charge is 2.11. The molecule has 0 spiro atoms. The quantitative estimate of drug-likeness (QED) is 0.625. The van der Waals surface area contributed by atoms with Gasteiger partial charge in [-0.3, -0.25) is 4.79 Å². The van der Waals surface area contributed by atoms with Crippen molar-refractivity contribution < 1.29 is 9.53 Å². The number of ether oxygens (including phenoxy) is 1. The molecule has 0 aromatic heterocycles. The Balaban J connectivity index is 3.90. The van der Waals surface area contributed by atoms with Crippen molar-refractivity contribution in [1.82, 2.24) is 4.90 Å². The lowest BCUT2D eigenvalue weighted by atomic mass is 10.2. The lowest BCUT2D eigenvalue weighted by Crippen LogP contribution is -2.34. The number of rotatable bonds is 9. The van der Waals surface area contributed by atoms with E-state index in [0.29, 0.717) is 26.1 Å². The highest BCUT2D eigenvalue weighted by molar-refractivity contribution is 5.76. The van der Waals surface area contributed by atoms with Gasteiger partial charge in [0.25, 0.3) is 0 Å². The Morgan fingerprint density at radius 2 is 2.07 bits per heavy atom. The van der Waals surface area contributed by atoms with Crippen molar-refractivity contribution in [2.24, 2.45) is 5.73 Å². The zero-order valence-corrected chi connectivity index (χ0v) is 10.00. The van der Waals surface area contributed by atoms with Crippen LogP contribution in [0.4, 0.5) is 0 Å². The average Bonchev–Trinajstić information content (AvgIpc) is 2.26. The van der Waals surface area contributed by atoms with Gasteiger partial charge in [0, 0.05) is 26.6 Å². The highest BCUT2D eigenvalue weighted by atomic mass is 16.5. The normalized spacial score (nSPS) is 10.3. The van der Waals surface area contributed by atoms with Crippen molar-refractivity contribution in [3.63, 3.8) is 0 Å². The van der Waals surface area contributed by atoms with Gasteiger partial charge in [0.15, 0.2) is 0 Å². The smallest absolute Gasteiger partial charge is 0.222 e. The van der Waals surface area contributed by atoms with E-state index in [2.05, 4.69) is 6.92 Å². The van der Waals surface area contributed by atoms with Gasteiger partial charge < -0.3 is 15.4 Å². The largest absolute Gasteiger partial charge is 0.383 e. The van der Waals surface area contributed by atoms with Gasteiger partial charge in [-0.15, -0.1) is 0 Å². The van der Waals surface area contributed by atoms with Gasteiger partial charge in [-0.1, -0.05) is 13.3 Å². The van der Waals surface area contributed by atoms with Crippen LogP contribution in [0.2, 0.25) is 0 Å². The minimum Gasteiger partial charge on any atom is -0.383 e. The Kier molecular flexibility index (Phi) is 9.52. The fourth-order valence-corrected chi connectivity index (χ4v) is 1.32. The molecule has 0 unspecified atom stereocenters. The first-order valence-electron chi connectivity index (χ1n) is 5.73. The molecule has 0 heterocycles. The number of amides is 1. The number of unbranched alkanes of at least 4 members (excludes halogenated alkanes) is 1. The molecule has 0 rings (SSSR count). The second kappa shape index (κ2) is 9.93. The second-order valence-electron chi connectivity index (χ2n) is 3.62. The maximum Gasteiger partial charge on any atom is 0.222 e. The van der Waals surface area contributed by atoms with E-state index in [1.54, 1.807) is 7.11 Å². The van der Waals surface area contributed by atoms with Gasteiger partial charge in [-0.2, -0.15) is 0 Å². The summed E-state index contributed by atoms with van der Waals surface area (Å²) >= 11 is 0. The number of nitrogens with zero attached hydrogens (tertiary/aromatic N) is 1. The third-order valence-corrected chi connectivity index (χ3v) is 2.29. The van der Waals surface area contributed by atoms with E-state index in [1.807, 2.05) is 4.90 Å². The Labute approximate surface area is 92.8 Å². The van der Waals surface area contributed by atoms with Gasteiger partial charge in [0.1, 0.15) is 0 Å². The third kappa shape index (κ3) is 7.33. The minimum absolute atomic E-state index is 0.200. The topological polar surface area (TPSA) is 55.6 Å². The molecular weight excluding hydrogens is 192 g/mol. The molecule has 0 aliphatic carbocycles. The molecule has 0 aromatic rings. The van der Waals surface area contributed by atoms with E-state index in [0.717, 1.165) is 25.8 Å². The number of nitrogens with two attached hydrogens (primary N) is 1. The molecule has 15 heavy (non-hydrogen) atoms. The maximum atomic E-state index is 11.7. The Hall–Kier alpha value is -0.610. The first-order chi connectivity index (χ1) is 7.26. The van der Waals surface area contributed by atoms with Crippen LogP contribution in [-0.2, 0) is 9.53 Å². The van der Waals surface area contributed by atoms with Crippen LogP contribution >= 0.6 is 0 Å². The van der Waals surface area contributed by atoms with Crippen LogP contribution in [0, 0.1) is 0 Å². The second-order valence-corrected chi connectivity index (χ2v) is 3.62. The molecule has 0 bridgehead atoms. The summed E-state index contributed by atoms with van der Waals surface area (Å²) in [5.74, 6) is 0.200. The van der Waals surface area contributed by atoms with Crippen LogP contribution in [0.25, 0.3) is 0 Å². The SMILES string of the molecule is CCCCN(CCOC)C(=O)CCCN. The molecule has 2 N–H and O–H groups in total.